The van der Waals surface area contributed by atoms with E-state index in [2.05, 4.69) is 0 Å². The van der Waals surface area contributed by atoms with Gasteiger partial charge in [0.1, 0.15) is 6.29 Å². The van der Waals surface area contributed by atoms with E-state index in [-0.39, 0.29) is 11.8 Å². The van der Waals surface area contributed by atoms with Gasteiger partial charge in [0.2, 0.25) is 5.82 Å². The second kappa shape index (κ2) is 3.73. The third-order valence-corrected chi connectivity index (χ3v) is 1.56. The molecule has 0 aliphatic carbocycles. The Labute approximate surface area is 77.3 Å². The molecule has 0 radical (unpaired) electrons. The highest BCUT2D eigenvalue weighted by atomic mass is 19.1. The van der Waals surface area contributed by atoms with Crippen molar-refractivity contribution in [2.75, 3.05) is 0 Å². The molecular weight excluding hydrogens is 193 g/mol. The van der Waals surface area contributed by atoms with Crippen molar-refractivity contribution in [2.45, 2.75) is 0 Å². The molecule has 0 aliphatic rings. The van der Waals surface area contributed by atoms with Crippen molar-refractivity contribution in [2.24, 2.45) is 0 Å². The minimum atomic E-state index is -1.19. The van der Waals surface area contributed by atoms with E-state index >= 15 is 0 Å². The quantitative estimate of drug-likeness (QED) is 0.416. The van der Waals surface area contributed by atoms with Gasteiger partial charge in [0, 0.05) is 5.56 Å². The van der Waals surface area contributed by atoms with E-state index in [0.717, 1.165) is 6.07 Å². The number of nitro groups is 1. The molecule has 1 aromatic rings. The predicted octanol–water partition coefficient (Wildman–Crippen LogP) is 1.36. The number of aldehydes is 2. The van der Waals surface area contributed by atoms with Crippen LogP contribution in [-0.2, 0) is 0 Å². The molecule has 0 N–H and O–H groups in total. The lowest BCUT2D eigenvalue weighted by Crippen LogP contribution is -1.99. The molecule has 0 unspecified atom stereocenters. The first-order chi connectivity index (χ1) is 6.60. The lowest BCUT2D eigenvalue weighted by Gasteiger charge is -1.98. The van der Waals surface area contributed by atoms with E-state index in [1.807, 2.05) is 0 Å². The number of halogens is 1. The van der Waals surface area contributed by atoms with Crippen molar-refractivity contribution in [3.8, 4) is 0 Å². The molecule has 0 heterocycles. The second-order valence-electron chi connectivity index (χ2n) is 2.43. The van der Waals surface area contributed by atoms with Crippen LogP contribution in [0.15, 0.2) is 12.1 Å². The summed E-state index contributed by atoms with van der Waals surface area (Å²) in [5, 5.41) is 10.3. The summed E-state index contributed by atoms with van der Waals surface area (Å²) < 4.78 is 13.0. The second-order valence-corrected chi connectivity index (χ2v) is 2.43. The van der Waals surface area contributed by atoms with E-state index in [9.17, 15) is 24.1 Å². The fourth-order valence-corrected chi connectivity index (χ4v) is 0.993. The summed E-state index contributed by atoms with van der Waals surface area (Å²) in [5.74, 6) is -1.19. The Morgan fingerprint density at radius 3 is 2.36 bits per heavy atom. The van der Waals surface area contributed by atoms with Crippen LogP contribution in [0.25, 0.3) is 0 Å². The van der Waals surface area contributed by atoms with Crippen LogP contribution >= 0.6 is 0 Å². The SMILES string of the molecule is O=Cc1cc(F)c([N+](=O)[O-])c(C=O)c1. The Morgan fingerprint density at radius 1 is 1.29 bits per heavy atom. The third kappa shape index (κ3) is 1.63. The Bertz CT molecular complexity index is 416. The van der Waals surface area contributed by atoms with Gasteiger partial charge in [-0.25, -0.2) is 0 Å². The van der Waals surface area contributed by atoms with Crippen LogP contribution in [-0.4, -0.2) is 17.5 Å². The first kappa shape index (κ1) is 9.97. The Morgan fingerprint density at radius 2 is 1.93 bits per heavy atom. The molecule has 0 saturated heterocycles. The lowest BCUT2D eigenvalue weighted by atomic mass is 10.1. The highest BCUT2D eigenvalue weighted by Crippen LogP contribution is 2.22. The summed E-state index contributed by atoms with van der Waals surface area (Å²) in [7, 11) is 0. The fourth-order valence-electron chi connectivity index (χ4n) is 0.993. The van der Waals surface area contributed by atoms with Crippen molar-refractivity contribution >= 4 is 18.3 Å². The maximum absolute atomic E-state index is 13.0. The molecule has 0 atom stereocenters. The van der Waals surface area contributed by atoms with Crippen LogP contribution in [0.1, 0.15) is 20.7 Å². The van der Waals surface area contributed by atoms with E-state index < -0.39 is 22.0 Å². The van der Waals surface area contributed by atoms with E-state index in [4.69, 9.17) is 0 Å². The molecular formula is C8H4FNO4. The number of rotatable bonds is 3. The summed E-state index contributed by atoms with van der Waals surface area (Å²) in [6, 6.07) is 1.67. The molecule has 0 amide bonds. The molecule has 6 heteroatoms. The normalized spacial score (nSPS) is 9.50. The number of carbonyl (C=O) groups is 2. The van der Waals surface area contributed by atoms with Gasteiger partial charge in [-0.05, 0) is 12.1 Å². The van der Waals surface area contributed by atoms with Crippen molar-refractivity contribution in [3.05, 3.63) is 39.2 Å². The van der Waals surface area contributed by atoms with E-state index in [0.29, 0.717) is 12.4 Å². The van der Waals surface area contributed by atoms with Crippen molar-refractivity contribution in [1.82, 2.24) is 0 Å². The molecule has 0 spiro atoms. The summed E-state index contributed by atoms with van der Waals surface area (Å²) in [4.78, 5) is 29.9. The van der Waals surface area contributed by atoms with Crippen molar-refractivity contribution < 1.29 is 18.9 Å². The van der Waals surface area contributed by atoms with Crippen LogP contribution in [0, 0.1) is 15.9 Å². The molecule has 0 bridgehead atoms. The lowest BCUT2D eigenvalue weighted by molar-refractivity contribution is -0.387. The van der Waals surface area contributed by atoms with Gasteiger partial charge in [-0.15, -0.1) is 0 Å². The van der Waals surface area contributed by atoms with Crippen LogP contribution < -0.4 is 0 Å². The molecule has 0 aliphatic heterocycles. The van der Waals surface area contributed by atoms with Crippen molar-refractivity contribution in [1.29, 1.82) is 0 Å². The number of hydrogen-bond acceptors (Lipinski definition) is 4. The van der Waals surface area contributed by atoms with Gasteiger partial charge in [-0.2, -0.15) is 4.39 Å². The minimum Gasteiger partial charge on any atom is -0.298 e. The maximum Gasteiger partial charge on any atom is 0.315 e. The molecule has 0 saturated carbocycles. The molecule has 14 heavy (non-hydrogen) atoms. The van der Waals surface area contributed by atoms with Crippen LogP contribution in [0.3, 0.4) is 0 Å². The summed E-state index contributed by atoms with van der Waals surface area (Å²) >= 11 is 0. The van der Waals surface area contributed by atoms with Gasteiger partial charge >= 0.3 is 5.69 Å². The predicted molar refractivity (Wildman–Crippen MR) is 43.8 cm³/mol. The van der Waals surface area contributed by atoms with Gasteiger partial charge in [0.15, 0.2) is 6.29 Å². The first-order valence-electron chi connectivity index (χ1n) is 3.48. The van der Waals surface area contributed by atoms with E-state index in [1.165, 1.54) is 0 Å². The van der Waals surface area contributed by atoms with Crippen LogP contribution in [0.4, 0.5) is 10.1 Å². The van der Waals surface area contributed by atoms with Gasteiger partial charge in [0.05, 0.1) is 10.5 Å². The van der Waals surface area contributed by atoms with Gasteiger partial charge in [-0.1, -0.05) is 0 Å². The smallest absolute Gasteiger partial charge is 0.298 e. The summed E-state index contributed by atoms with van der Waals surface area (Å²) in [6.07, 6.45) is 0.439. The number of benzene rings is 1. The Kier molecular flexibility index (Phi) is 2.66. The minimum absolute atomic E-state index is 0.116. The molecule has 1 rings (SSSR count). The molecule has 0 fully saturated rings. The van der Waals surface area contributed by atoms with Crippen LogP contribution in [0.5, 0.6) is 0 Å². The van der Waals surface area contributed by atoms with Gasteiger partial charge < -0.3 is 0 Å². The van der Waals surface area contributed by atoms with Crippen LogP contribution in [0.2, 0.25) is 0 Å². The number of nitro benzene ring substituents is 1. The third-order valence-electron chi connectivity index (χ3n) is 1.56. The largest absolute Gasteiger partial charge is 0.315 e. The first-order valence-corrected chi connectivity index (χ1v) is 3.48. The van der Waals surface area contributed by atoms with Gasteiger partial charge in [0.25, 0.3) is 0 Å². The number of carbonyl (C=O) groups excluding carboxylic acids is 2. The zero-order valence-electron chi connectivity index (χ0n) is 6.77. The monoisotopic (exact) mass is 197 g/mol. The summed E-state index contributed by atoms with van der Waals surface area (Å²) in [5.41, 5.74) is -1.47. The topological polar surface area (TPSA) is 77.3 Å². The number of hydrogen-bond donors (Lipinski definition) is 0. The Hall–Kier alpha value is -2.11. The highest BCUT2D eigenvalue weighted by molar-refractivity contribution is 5.86. The van der Waals surface area contributed by atoms with Gasteiger partial charge in [-0.3, -0.25) is 19.7 Å². The average Bonchev–Trinajstić information content (AvgIpc) is 2.15. The maximum atomic E-state index is 13.0. The number of nitrogens with zero attached hydrogens (tertiary/aromatic N) is 1. The van der Waals surface area contributed by atoms with E-state index in [1.54, 1.807) is 0 Å². The summed E-state index contributed by atoms with van der Waals surface area (Å²) in [6.45, 7) is 0. The molecule has 5 nitrogen and oxygen atoms in total. The average molecular weight is 197 g/mol. The highest BCUT2D eigenvalue weighted by Gasteiger charge is 2.20. The zero-order valence-corrected chi connectivity index (χ0v) is 6.77. The fraction of sp³-hybridized carbons (Fsp3) is 0. The molecule has 72 valence electrons. The zero-order chi connectivity index (χ0) is 10.7. The molecule has 0 aromatic heterocycles. The standard InChI is InChI=1S/C8H4FNO4/c9-7-2-5(3-11)1-6(4-12)8(7)10(13)14/h1-4H. The molecule has 1 aromatic carbocycles. The Balaban J connectivity index is 3.49. The van der Waals surface area contributed by atoms with Crippen molar-refractivity contribution in [3.63, 3.8) is 0 Å².